The lowest BCUT2D eigenvalue weighted by Crippen LogP contribution is -2.26. The van der Waals surface area contributed by atoms with Crippen LogP contribution in [0.3, 0.4) is 0 Å². The lowest BCUT2D eigenvalue weighted by Gasteiger charge is -2.19. The number of anilines is 1. The third kappa shape index (κ3) is 13.4. The summed E-state index contributed by atoms with van der Waals surface area (Å²) in [4.78, 5) is 10.8. The van der Waals surface area contributed by atoms with Crippen LogP contribution >= 0.6 is 15.9 Å². The molecule has 0 aromatic heterocycles. The molecule has 5 nitrogen and oxygen atoms in total. The molecule has 0 fully saturated rings. The summed E-state index contributed by atoms with van der Waals surface area (Å²) in [7, 11) is 0. The van der Waals surface area contributed by atoms with Crippen LogP contribution in [0.15, 0.2) is 76.8 Å². The molecule has 2 aromatic rings. The van der Waals surface area contributed by atoms with Gasteiger partial charge >= 0.3 is 5.97 Å². The monoisotopic (exact) mass is 571 g/mol. The number of rotatable bonds is 8. The van der Waals surface area contributed by atoms with Crippen LogP contribution in [0, 0.1) is 6.92 Å². The van der Waals surface area contributed by atoms with Gasteiger partial charge in [0, 0.05) is 4.47 Å². The topological polar surface area (TPSA) is 78.9 Å². The van der Waals surface area contributed by atoms with E-state index in [2.05, 4.69) is 62.2 Å². The van der Waals surface area contributed by atoms with E-state index in [0.717, 1.165) is 33.4 Å². The Morgan fingerprint density at radius 2 is 1.70 bits per heavy atom. The number of hydrogen-bond donors (Lipinski definition) is 2. The van der Waals surface area contributed by atoms with Gasteiger partial charge in [0.15, 0.2) is 0 Å². The summed E-state index contributed by atoms with van der Waals surface area (Å²) in [6, 6.07) is 13.8. The molecule has 204 valence electrons. The second kappa shape index (κ2) is 17.7. The molecule has 1 atom stereocenters. The molecule has 0 aliphatic carbocycles. The van der Waals surface area contributed by atoms with Gasteiger partial charge in [-0.25, -0.2) is 5.84 Å². The molecule has 0 bridgehead atoms. The molecule has 0 spiro atoms. The maximum atomic E-state index is 10.8. The number of benzene rings is 2. The van der Waals surface area contributed by atoms with Crippen molar-refractivity contribution in [2.45, 2.75) is 86.0 Å². The van der Waals surface area contributed by atoms with Gasteiger partial charge in [-0.05, 0) is 60.6 Å². The number of carbonyl (C=O) groups is 1. The standard InChI is InChI=1S/C14H18BrN3.C13H18O2.C4H10/c1-4-6-7-13(5-2)17-18(16)14-10-12(15)9-8-11(14)3;1-9(12(14)15)10-5-7-11(8-6-10)13(2,3)4;1-3-4-2/h4,6-10H,1,5,16H2,2-3H3;5-9H,1-4H3,(H,14,15);3-4H2,1-2H3/b7-6-,17-13+;;. The van der Waals surface area contributed by atoms with Crippen molar-refractivity contribution in [2.24, 2.45) is 10.9 Å². The number of nitrogens with zero attached hydrogens (tertiary/aromatic N) is 2. The molecule has 2 aromatic carbocycles. The normalized spacial score (nSPS) is 12.1. The third-order valence-electron chi connectivity index (χ3n) is 5.59. The van der Waals surface area contributed by atoms with Crippen LogP contribution in [0.4, 0.5) is 5.69 Å². The van der Waals surface area contributed by atoms with Crippen molar-refractivity contribution in [3.05, 3.63) is 88.4 Å². The van der Waals surface area contributed by atoms with Crippen molar-refractivity contribution in [2.75, 3.05) is 5.12 Å². The highest BCUT2D eigenvalue weighted by atomic mass is 79.9. The summed E-state index contributed by atoms with van der Waals surface area (Å²) in [6.45, 7) is 20.2. The summed E-state index contributed by atoms with van der Waals surface area (Å²) in [6.07, 6.45) is 8.92. The average Bonchev–Trinajstić information content (AvgIpc) is 2.87. The Bertz CT molecular complexity index is 1020. The number of aliphatic carboxylic acids is 1. The first-order chi connectivity index (χ1) is 17.3. The van der Waals surface area contributed by atoms with Crippen molar-refractivity contribution in [1.82, 2.24) is 0 Å². The van der Waals surface area contributed by atoms with E-state index in [9.17, 15) is 4.79 Å². The van der Waals surface area contributed by atoms with Crippen LogP contribution < -0.4 is 11.0 Å². The van der Waals surface area contributed by atoms with Crippen molar-refractivity contribution < 1.29 is 9.90 Å². The first-order valence-corrected chi connectivity index (χ1v) is 13.6. The van der Waals surface area contributed by atoms with E-state index in [1.807, 2.05) is 68.5 Å². The van der Waals surface area contributed by atoms with E-state index in [1.54, 1.807) is 13.0 Å². The molecule has 1 unspecified atom stereocenters. The largest absolute Gasteiger partial charge is 0.481 e. The van der Waals surface area contributed by atoms with Crippen LogP contribution in [-0.2, 0) is 10.2 Å². The van der Waals surface area contributed by atoms with Crippen molar-refractivity contribution in [1.29, 1.82) is 0 Å². The minimum Gasteiger partial charge on any atom is -0.481 e. The van der Waals surface area contributed by atoms with E-state index < -0.39 is 11.9 Å². The van der Waals surface area contributed by atoms with Gasteiger partial charge in [0.05, 0.1) is 17.3 Å². The number of carboxylic acid groups (broad SMARTS) is 1. The van der Waals surface area contributed by atoms with E-state index in [0.29, 0.717) is 0 Å². The molecule has 2 rings (SSSR count). The minimum absolute atomic E-state index is 0.116. The quantitative estimate of drug-likeness (QED) is 0.143. The molecule has 0 radical (unpaired) electrons. The minimum atomic E-state index is -0.779. The summed E-state index contributed by atoms with van der Waals surface area (Å²) in [5.74, 6) is 4.77. The number of aryl methyl sites for hydroxylation is 1. The molecule has 37 heavy (non-hydrogen) atoms. The molecule has 0 amide bonds. The second-order valence-corrected chi connectivity index (χ2v) is 10.7. The smallest absolute Gasteiger partial charge is 0.310 e. The summed E-state index contributed by atoms with van der Waals surface area (Å²) in [5, 5.41) is 14.7. The Morgan fingerprint density at radius 1 is 1.14 bits per heavy atom. The lowest BCUT2D eigenvalue weighted by atomic mass is 9.86. The van der Waals surface area contributed by atoms with Gasteiger partial charge in [0.2, 0.25) is 0 Å². The molecule has 0 heterocycles. The van der Waals surface area contributed by atoms with Crippen LogP contribution in [0.25, 0.3) is 0 Å². The number of hydrazine groups is 1. The zero-order valence-corrected chi connectivity index (χ0v) is 25.5. The average molecular weight is 573 g/mol. The van der Waals surface area contributed by atoms with Crippen LogP contribution in [0.2, 0.25) is 0 Å². The number of hydrogen-bond acceptors (Lipinski definition) is 4. The summed E-state index contributed by atoms with van der Waals surface area (Å²) < 4.78 is 0.980. The number of nitrogens with two attached hydrogens (primary N) is 1. The Morgan fingerprint density at radius 3 is 2.14 bits per heavy atom. The van der Waals surface area contributed by atoms with Gasteiger partial charge in [-0.2, -0.15) is 10.2 Å². The summed E-state index contributed by atoms with van der Waals surface area (Å²) >= 11 is 3.43. The van der Waals surface area contributed by atoms with Crippen molar-refractivity contribution in [3.63, 3.8) is 0 Å². The zero-order valence-electron chi connectivity index (χ0n) is 23.9. The maximum absolute atomic E-state index is 10.8. The third-order valence-corrected chi connectivity index (χ3v) is 6.08. The number of allylic oxidation sites excluding steroid dienone is 3. The number of halogens is 1. The zero-order chi connectivity index (χ0) is 28.6. The van der Waals surface area contributed by atoms with Gasteiger partial charge in [0.25, 0.3) is 0 Å². The maximum Gasteiger partial charge on any atom is 0.310 e. The molecule has 0 aliphatic rings. The Balaban J connectivity index is 0.000000619. The van der Waals surface area contributed by atoms with Crippen LogP contribution in [0.1, 0.15) is 90.3 Å². The van der Waals surface area contributed by atoms with Crippen LogP contribution in [0.5, 0.6) is 0 Å². The fraction of sp³-hybridized carbons (Fsp3) is 0.419. The predicted octanol–water partition coefficient (Wildman–Crippen LogP) is 8.92. The van der Waals surface area contributed by atoms with Crippen LogP contribution in [-0.4, -0.2) is 16.8 Å². The fourth-order valence-electron chi connectivity index (χ4n) is 2.84. The molecular formula is C31H46BrN3O2. The van der Waals surface area contributed by atoms with E-state index in [4.69, 9.17) is 10.9 Å². The number of carboxylic acids is 1. The molecule has 3 N–H and O–H groups in total. The Kier molecular flexibility index (Phi) is 16.4. The van der Waals surface area contributed by atoms with E-state index in [-0.39, 0.29) is 5.41 Å². The van der Waals surface area contributed by atoms with Gasteiger partial charge in [-0.3, -0.25) is 4.79 Å². The SMILES string of the molecule is C=C/C=C\C(CC)=N\N(N)c1cc(Br)ccc1C.CC(C(=O)O)c1ccc(C(C)(C)C)cc1.CCCC. The lowest BCUT2D eigenvalue weighted by molar-refractivity contribution is -0.138. The highest BCUT2D eigenvalue weighted by Gasteiger charge is 2.16. The molecule has 0 saturated carbocycles. The predicted molar refractivity (Wildman–Crippen MR) is 164 cm³/mol. The number of hydrazone groups is 1. The van der Waals surface area contributed by atoms with Gasteiger partial charge in [-0.15, -0.1) is 0 Å². The number of unbranched alkanes of at least 4 members (excludes halogenated alkanes) is 1. The van der Waals surface area contributed by atoms with Crippen molar-refractivity contribution >= 4 is 33.3 Å². The Labute approximate surface area is 233 Å². The second-order valence-electron chi connectivity index (χ2n) is 9.75. The van der Waals surface area contributed by atoms with Gasteiger partial charge < -0.3 is 5.11 Å². The fourth-order valence-corrected chi connectivity index (χ4v) is 3.19. The molecule has 0 saturated heterocycles. The van der Waals surface area contributed by atoms with E-state index in [1.165, 1.54) is 23.5 Å². The molecule has 6 heteroatoms. The molecular weight excluding hydrogens is 526 g/mol. The first kappa shape index (κ1) is 34.3. The van der Waals surface area contributed by atoms with Crippen molar-refractivity contribution in [3.8, 4) is 0 Å². The highest BCUT2D eigenvalue weighted by molar-refractivity contribution is 9.10. The van der Waals surface area contributed by atoms with Gasteiger partial charge in [0.1, 0.15) is 0 Å². The van der Waals surface area contributed by atoms with Gasteiger partial charge in [-0.1, -0.05) is 119 Å². The van der Waals surface area contributed by atoms with E-state index >= 15 is 0 Å². The Hall–Kier alpha value is -2.70. The summed E-state index contributed by atoms with van der Waals surface area (Å²) in [5.41, 5.74) is 5.05. The highest BCUT2D eigenvalue weighted by Crippen LogP contribution is 2.25. The first-order valence-electron chi connectivity index (χ1n) is 12.8. The molecule has 0 aliphatic heterocycles.